The fraction of sp³-hybridized carbons (Fsp3) is 0.600. The number of carbonyl (C=O) groups excluding carboxylic acids is 2. The van der Waals surface area contributed by atoms with Gasteiger partial charge < -0.3 is 14.5 Å². The zero-order valence-electron chi connectivity index (χ0n) is 16.3. The Hall–Kier alpha value is -1.59. The predicted molar refractivity (Wildman–Crippen MR) is 106 cm³/mol. The molecule has 0 N–H and O–H groups in total. The van der Waals surface area contributed by atoms with Gasteiger partial charge in [0.2, 0.25) is 0 Å². The Morgan fingerprint density at radius 3 is 2.19 bits per heavy atom. The van der Waals surface area contributed by atoms with Crippen LogP contribution in [0.1, 0.15) is 44.0 Å². The van der Waals surface area contributed by atoms with Crippen molar-refractivity contribution in [2.24, 2.45) is 5.92 Å². The Kier molecular flexibility index (Phi) is 10.3. The van der Waals surface area contributed by atoms with Crippen molar-refractivity contribution in [2.45, 2.75) is 33.6 Å². The zero-order chi connectivity index (χ0) is 19.5. The lowest BCUT2D eigenvalue weighted by Crippen LogP contribution is -2.38. The van der Waals surface area contributed by atoms with E-state index in [1.807, 2.05) is 0 Å². The molecule has 1 atom stereocenters. The molecule has 0 spiro atoms. The van der Waals surface area contributed by atoms with Crippen LogP contribution in [0.4, 0.5) is 0 Å². The summed E-state index contributed by atoms with van der Waals surface area (Å²) < 4.78 is 4.80. The zero-order valence-corrected chi connectivity index (χ0v) is 17.1. The molecule has 0 aromatic heterocycles. The van der Waals surface area contributed by atoms with Crippen molar-refractivity contribution in [3.63, 3.8) is 0 Å². The van der Waals surface area contributed by atoms with E-state index in [0.29, 0.717) is 23.7 Å². The van der Waals surface area contributed by atoms with Gasteiger partial charge in [-0.25, -0.2) is 0 Å². The van der Waals surface area contributed by atoms with Crippen LogP contribution < -0.4 is 0 Å². The number of hydrogen-bond acceptors (Lipinski definition) is 4. The first-order valence-electron chi connectivity index (χ1n) is 9.27. The van der Waals surface area contributed by atoms with Crippen LogP contribution in [-0.4, -0.2) is 61.5 Å². The first-order chi connectivity index (χ1) is 12.4. The molecule has 146 valence electrons. The minimum absolute atomic E-state index is 0.0831. The highest BCUT2D eigenvalue weighted by atomic mass is 35.5. The average molecular weight is 383 g/mol. The third kappa shape index (κ3) is 7.34. The molecule has 1 aromatic rings. The number of methoxy groups -OCH3 is 1. The standard InChI is InChI=1S/C20H31ClN2O3/c1-5-22(6-2)13-7-8-14-23(15-16(3)20(25)26-4)19(24)17-9-11-18(21)12-10-17/h9-12,16H,5-8,13-15H2,1-4H3. The number of benzene rings is 1. The van der Waals surface area contributed by atoms with E-state index in [0.717, 1.165) is 32.5 Å². The van der Waals surface area contributed by atoms with Crippen LogP contribution in [0.5, 0.6) is 0 Å². The fourth-order valence-electron chi connectivity index (χ4n) is 2.83. The maximum absolute atomic E-state index is 12.9. The molecule has 0 saturated carbocycles. The molecule has 0 aliphatic rings. The first-order valence-corrected chi connectivity index (χ1v) is 9.65. The van der Waals surface area contributed by atoms with Gasteiger partial charge in [-0.15, -0.1) is 0 Å². The van der Waals surface area contributed by atoms with Crippen molar-refractivity contribution in [2.75, 3.05) is 39.8 Å². The van der Waals surface area contributed by atoms with Gasteiger partial charge in [0.1, 0.15) is 0 Å². The van der Waals surface area contributed by atoms with Gasteiger partial charge in [0.15, 0.2) is 0 Å². The second kappa shape index (κ2) is 11.9. The molecular formula is C20H31ClN2O3. The van der Waals surface area contributed by atoms with Crippen molar-refractivity contribution in [1.82, 2.24) is 9.80 Å². The molecule has 1 unspecified atom stereocenters. The Morgan fingerprint density at radius 2 is 1.65 bits per heavy atom. The molecule has 0 aliphatic carbocycles. The lowest BCUT2D eigenvalue weighted by molar-refractivity contribution is -0.145. The van der Waals surface area contributed by atoms with E-state index in [1.54, 1.807) is 36.1 Å². The maximum atomic E-state index is 12.9. The minimum Gasteiger partial charge on any atom is -0.469 e. The minimum atomic E-state index is -0.362. The molecule has 1 amide bonds. The summed E-state index contributed by atoms with van der Waals surface area (Å²) in [6, 6.07) is 6.85. The Balaban J connectivity index is 2.73. The molecule has 26 heavy (non-hydrogen) atoms. The largest absolute Gasteiger partial charge is 0.469 e. The third-order valence-corrected chi connectivity index (χ3v) is 4.77. The molecule has 0 fully saturated rings. The van der Waals surface area contributed by atoms with E-state index in [-0.39, 0.29) is 17.8 Å². The summed E-state index contributed by atoms with van der Waals surface area (Å²) in [5.74, 6) is -0.749. The van der Waals surface area contributed by atoms with Crippen LogP contribution in [0.2, 0.25) is 5.02 Å². The van der Waals surface area contributed by atoms with Gasteiger partial charge in [-0.1, -0.05) is 32.4 Å². The number of hydrogen-bond donors (Lipinski definition) is 0. The summed E-state index contributed by atoms with van der Waals surface area (Å²) in [4.78, 5) is 28.7. The Bertz CT molecular complexity index is 559. The number of amides is 1. The van der Waals surface area contributed by atoms with Gasteiger partial charge in [-0.05, 0) is 56.7 Å². The van der Waals surface area contributed by atoms with Crippen LogP contribution >= 0.6 is 11.6 Å². The van der Waals surface area contributed by atoms with Gasteiger partial charge in [0, 0.05) is 23.7 Å². The average Bonchev–Trinajstić information content (AvgIpc) is 2.66. The molecule has 5 nitrogen and oxygen atoms in total. The lowest BCUT2D eigenvalue weighted by Gasteiger charge is -2.26. The number of unbranched alkanes of at least 4 members (excludes halogenated alkanes) is 1. The predicted octanol–water partition coefficient (Wildman–Crippen LogP) is 3.71. The molecular weight excluding hydrogens is 352 g/mol. The smallest absolute Gasteiger partial charge is 0.310 e. The van der Waals surface area contributed by atoms with Gasteiger partial charge in [0.05, 0.1) is 13.0 Å². The molecule has 1 aromatic carbocycles. The summed E-state index contributed by atoms with van der Waals surface area (Å²) >= 11 is 5.91. The molecule has 0 radical (unpaired) electrons. The number of nitrogens with zero attached hydrogens (tertiary/aromatic N) is 2. The van der Waals surface area contributed by atoms with Gasteiger partial charge in [-0.2, -0.15) is 0 Å². The molecule has 6 heteroatoms. The van der Waals surface area contributed by atoms with Crippen LogP contribution in [0.15, 0.2) is 24.3 Å². The highest BCUT2D eigenvalue weighted by Gasteiger charge is 2.22. The second-order valence-electron chi connectivity index (χ2n) is 6.42. The highest BCUT2D eigenvalue weighted by Crippen LogP contribution is 2.14. The quantitative estimate of drug-likeness (QED) is 0.432. The van der Waals surface area contributed by atoms with E-state index in [1.165, 1.54) is 7.11 Å². The van der Waals surface area contributed by atoms with E-state index in [4.69, 9.17) is 16.3 Å². The molecule has 0 saturated heterocycles. The topological polar surface area (TPSA) is 49.9 Å². The van der Waals surface area contributed by atoms with Crippen molar-refractivity contribution in [3.05, 3.63) is 34.9 Å². The van der Waals surface area contributed by atoms with Crippen molar-refractivity contribution < 1.29 is 14.3 Å². The molecule has 0 heterocycles. The van der Waals surface area contributed by atoms with Crippen molar-refractivity contribution >= 4 is 23.5 Å². The SMILES string of the molecule is CCN(CC)CCCCN(CC(C)C(=O)OC)C(=O)c1ccc(Cl)cc1. The van der Waals surface area contributed by atoms with Crippen molar-refractivity contribution in [1.29, 1.82) is 0 Å². The van der Waals surface area contributed by atoms with E-state index >= 15 is 0 Å². The summed E-state index contributed by atoms with van der Waals surface area (Å²) in [5.41, 5.74) is 0.579. The maximum Gasteiger partial charge on any atom is 0.310 e. The number of rotatable bonds is 11. The fourth-order valence-corrected chi connectivity index (χ4v) is 2.96. The van der Waals surface area contributed by atoms with E-state index in [9.17, 15) is 9.59 Å². The van der Waals surface area contributed by atoms with Crippen LogP contribution in [0.3, 0.4) is 0 Å². The van der Waals surface area contributed by atoms with Crippen molar-refractivity contribution in [3.8, 4) is 0 Å². The number of esters is 1. The first kappa shape index (κ1) is 22.5. The molecule has 0 bridgehead atoms. The number of halogens is 1. The monoisotopic (exact) mass is 382 g/mol. The number of carbonyl (C=O) groups is 2. The highest BCUT2D eigenvalue weighted by molar-refractivity contribution is 6.30. The molecule has 1 rings (SSSR count). The number of ether oxygens (including phenoxy) is 1. The summed E-state index contributed by atoms with van der Waals surface area (Å²) in [6.07, 6.45) is 1.91. The van der Waals surface area contributed by atoms with Gasteiger partial charge in [-0.3, -0.25) is 9.59 Å². The summed E-state index contributed by atoms with van der Waals surface area (Å²) in [6.45, 7) is 10.1. The summed E-state index contributed by atoms with van der Waals surface area (Å²) in [5, 5.41) is 0.593. The van der Waals surface area contributed by atoms with Crippen LogP contribution in [0.25, 0.3) is 0 Å². The lowest BCUT2D eigenvalue weighted by atomic mass is 10.1. The van der Waals surface area contributed by atoms with Gasteiger partial charge in [0.25, 0.3) is 5.91 Å². The van der Waals surface area contributed by atoms with Crippen LogP contribution in [0, 0.1) is 5.92 Å². The van der Waals surface area contributed by atoms with Gasteiger partial charge >= 0.3 is 5.97 Å². The Morgan fingerprint density at radius 1 is 1.08 bits per heavy atom. The normalized spacial score (nSPS) is 12.1. The Labute approximate surface area is 162 Å². The van der Waals surface area contributed by atoms with E-state index in [2.05, 4.69) is 18.7 Å². The van der Waals surface area contributed by atoms with Crippen LogP contribution in [-0.2, 0) is 9.53 Å². The van der Waals surface area contributed by atoms with E-state index < -0.39 is 0 Å². The third-order valence-electron chi connectivity index (χ3n) is 4.52. The molecule has 0 aliphatic heterocycles. The summed E-state index contributed by atoms with van der Waals surface area (Å²) in [7, 11) is 1.37. The second-order valence-corrected chi connectivity index (χ2v) is 6.85.